The number of aromatic amines is 1. The summed E-state index contributed by atoms with van der Waals surface area (Å²) in [5, 5.41) is 0. The van der Waals surface area contributed by atoms with Gasteiger partial charge in [0.1, 0.15) is 11.6 Å². The summed E-state index contributed by atoms with van der Waals surface area (Å²) in [6.07, 6.45) is 5.60. The number of hydrogen-bond acceptors (Lipinski definition) is 2. The van der Waals surface area contributed by atoms with E-state index in [1.165, 1.54) is 0 Å². The number of imidazole rings is 1. The molecule has 1 unspecified atom stereocenters. The molecule has 0 radical (unpaired) electrons. The minimum Gasteiger partial charge on any atom is -0.348 e. The van der Waals surface area contributed by atoms with E-state index in [-0.39, 0.29) is 5.78 Å². The molecule has 16 heavy (non-hydrogen) atoms. The number of rotatable bonds is 5. The highest BCUT2D eigenvalue weighted by atomic mass is 16.1. The van der Waals surface area contributed by atoms with Crippen LogP contribution in [0.4, 0.5) is 0 Å². The van der Waals surface area contributed by atoms with Gasteiger partial charge >= 0.3 is 0 Å². The summed E-state index contributed by atoms with van der Waals surface area (Å²) in [6.45, 7) is 8.77. The fraction of sp³-hybridized carbons (Fsp3) is 0.692. The van der Waals surface area contributed by atoms with Crippen LogP contribution in [0.3, 0.4) is 0 Å². The van der Waals surface area contributed by atoms with Gasteiger partial charge in [-0.05, 0) is 17.8 Å². The fourth-order valence-electron chi connectivity index (χ4n) is 2.16. The first kappa shape index (κ1) is 12.9. The lowest BCUT2D eigenvalue weighted by molar-refractivity contribution is -0.119. The Kier molecular flexibility index (Phi) is 4.27. The molecule has 0 aliphatic heterocycles. The fourth-order valence-corrected chi connectivity index (χ4v) is 2.16. The molecular weight excluding hydrogens is 200 g/mol. The minimum atomic E-state index is 0.270. The second-order valence-corrected chi connectivity index (χ2v) is 5.83. The maximum Gasteiger partial charge on any atom is 0.140 e. The van der Waals surface area contributed by atoms with E-state index >= 15 is 0 Å². The van der Waals surface area contributed by atoms with Crippen LogP contribution in [0.5, 0.6) is 0 Å². The molecule has 0 saturated carbocycles. The van der Waals surface area contributed by atoms with Crippen LogP contribution in [0.2, 0.25) is 0 Å². The SMILES string of the molecule is CC(CC(=O)Cc1ncc[nH]1)CC(C)(C)C. The molecule has 0 aliphatic carbocycles. The van der Waals surface area contributed by atoms with E-state index in [1.807, 2.05) is 0 Å². The first-order valence-electron chi connectivity index (χ1n) is 5.87. The molecule has 1 heterocycles. The Morgan fingerprint density at radius 2 is 2.19 bits per heavy atom. The molecule has 0 aliphatic rings. The van der Waals surface area contributed by atoms with Gasteiger partial charge in [0, 0.05) is 18.8 Å². The van der Waals surface area contributed by atoms with Crippen molar-refractivity contribution < 1.29 is 4.79 Å². The average molecular weight is 222 g/mol. The highest BCUT2D eigenvalue weighted by Crippen LogP contribution is 2.26. The molecule has 1 rings (SSSR count). The van der Waals surface area contributed by atoms with Crippen LogP contribution in [0.15, 0.2) is 12.4 Å². The zero-order valence-electron chi connectivity index (χ0n) is 10.7. The Labute approximate surface area is 97.7 Å². The van der Waals surface area contributed by atoms with Crippen LogP contribution in [-0.2, 0) is 11.2 Å². The van der Waals surface area contributed by atoms with Crippen molar-refractivity contribution in [2.45, 2.75) is 47.0 Å². The van der Waals surface area contributed by atoms with Crippen molar-refractivity contribution in [1.29, 1.82) is 0 Å². The maximum atomic E-state index is 11.7. The van der Waals surface area contributed by atoms with E-state index < -0.39 is 0 Å². The number of carbonyl (C=O) groups is 1. The molecule has 1 aromatic heterocycles. The average Bonchev–Trinajstić information content (AvgIpc) is 2.51. The lowest BCUT2D eigenvalue weighted by Crippen LogP contribution is -2.15. The van der Waals surface area contributed by atoms with Crippen LogP contribution in [0, 0.1) is 11.3 Å². The number of aromatic nitrogens is 2. The number of Topliss-reactive ketones (excluding diaryl/α,β-unsaturated/α-hetero) is 1. The number of ketones is 1. The number of nitrogens with one attached hydrogen (secondary N) is 1. The van der Waals surface area contributed by atoms with Gasteiger partial charge in [-0.1, -0.05) is 27.7 Å². The van der Waals surface area contributed by atoms with Gasteiger partial charge < -0.3 is 4.98 Å². The van der Waals surface area contributed by atoms with Gasteiger partial charge in [0.25, 0.3) is 0 Å². The Morgan fingerprint density at radius 3 is 2.69 bits per heavy atom. The van der Waals surface area contributed by atoms with Gasteiger partial charge in [-0.2, -0.15) is 0 Å². The smallest absolute Gasteiger partial charge is 0.140 e. The van der Waals surface area contributed by atoms with Crippen molar-refractivity contribution in [2.24, 2.45) is 11.3 Å². The second-order valence-electron chi connectivity index (χ2n) is 5.83. The largest absolute Gasteiger partial charge is 0.348 e. The number of H-pyrrole nitrogens is 1. The molecule has 1 atom stereocenters. The van der Waals surface area contributed by atoms with E-state index in [9.17, 15) is 4.79 Å². The van der Waals surface area contributed by atoms with E-state index in [4.69, 9.17) is 0 Å². The van der Waals surface area contributed by atoms with Crippen LogP contribution in [0.25, 0.3) is 0 Å². The highest BCUT2D eigenvalue weighted by molar-refractivity contribution is 5.80. The van der Waals surface area contributed by atoms with E-state index in [2.05, 4.69) is 37.7 Å². The molecule has 1 N–H and O–H groups in total. The summed E-state index contributed by atoms with van der Waals surface area (Å²) in [6, 6.07) is 0. The first-order valence-corrected chi connectivity index (χ1v) is 5.87. The zero-order chi connectivity index (χ0) is 12.2. The monoisotopic (exact) mass is 222 g/mol. The first-order chi connectivity index (χ1) is 7.37. The summed E-state index contributed by atoms with van der Waals surface area (Å²) >= 11 is 0. The second kappa shape index (κ2) is 5.28. The van der Waals surface area contributed by atoms with Crippen molar-refractivity contribution in [3.8, 4) is 0 Å². The van der Waals surface area contributed by atoms with Gasteiger partial charge in [0.2, 0.25) is 0 Å². The van der Waals surface area contributed by atoms with E-state index in [0.29, 0.717) is 24.2 Å². The van der Waals surface area contributed by atoms with Gasteiger partial charge in [-0.15, -0.1) is 0 Å². The summed E-state index contributed by atoms with van der Waals surface area (Å²) in [5.74, 6) is 1.49. The van der Waals surface area contributed by atoms with Crippen LogP contribution < -0.4 is 0 Å². The molecule has 0 spiro atoms. The molecule has 0 saturated heterocycles. The number of nitrogens with zero attached hydrogens (tertiary/aromatic N) is 1. The van der Waals surface area contributed by atoms with Crippen molar-refractivity contribution >= 4 is 5.78 Å². The minimum absolute atomic E-state index is 0.270. The van der Waals surface area contributed by atoms with Gasteiger partial charge in [-0.25, -0.2) is 4.98 Å². The van der Waals surface area contributed by atoms with Gasteiger partial charge in [0.05, 0.1) is 6.42 Å². The predicted molar refractivity (Wildman–Crippen MR) is 65.2 cm³/mol. The lowest BCUT2D eigenvalue weighted by Gasteiger charge is -2.22. The Hall–Kier alpha value is -1.12. The maximum absolute atomic E-state index is 11.7. The van der Waals surface area contributed by atoms with Gasteiger partial charge in [-0.3, -0.25) is 4.79 Å². The van der Waals surface area contributed by atoms with Crippen molar-refractivity contribution in [2.75, 3.05) is 0 Å². The van der Waals surface area contributed by atoms with Crippen molar-refractivity contribution in [3.05, 3.63) is 18.2 Å². The Morgan fingerprint density at radius 1 is 1.50 bits per heavy atom. The molecule has 0 amide bonds. The zero-order valence-corrected chi connectivity index (χ0v) is 10.7. The molecule has 1 aromatic rings. The summed E-state index contributed by atoms with van der Waals surface area (Å²) in [7, 11) is 0. The van der Waals surface area contributed by atoms with Crippen LogP contribution in [0.1, 0.15) is 46.4 Å². The highest BCUT2D eigenvalue weighted by Gasteiger charge is 2.18. The molecule has 0 aromatic carbocycles. The van der Waals surface area contributed by atoms with Crippen LogP contribution >= 0.6 is 0 Å². The predicted octanol–water partition coefficient (Wildman–Crippen LogP) is 2.98. The van der Waals surface area contributed by atoms with E-state index in [1.54, 1.807) is 12.4 Å². The number of carbonyl (C=O) groups excluding carboxylic acids is 1. The summed E-state index contributed by atoms with van der Waals surface area (Å²) in [5.41, 5.74) is 0.296. The number of hydrogen-bond donors (Lipinski definition) is 1. The quantitative estimate of drug-likeness (QED) is 0.832. The van der Waals surface area contributed by atoms with E-state index in [0.717, 1.165) is 12.2 Å². The third kappa shape index (κ3) is 5.10. The molecule has 0 bridgehead atoms. The van der Waals surface area contributed by atoms with Crippen LogP contribution in [-0.4, -0.2) is 15.8 Å². The van der Waals surface area contributed by atoms with Gasteiger partial charge in [0.15, 0.2) is 0 Å². The normalized spacial score (nSPS) is 13.8. The third-order valence-corrected chi connectivity index (χ3v) is 2.46. The summed E-state index contributed by atoms with van der Waals surface area (Å²) in [4.78, 5) is 18.8. The summed E-state index contributed by atoms with van der Waals surface area (Å²) < 4.78 is 0. The molecule has 3 heteroatoms. The molecular formula is C13H22N2O. The molecule has 3 nitrogen and oxygen atoms in total. The standard InChI is InChI=1S/C13H22N2O/c1-10(9-13(2,3)4)7-11(16)8-12-14-5-6-15-12/h5-6,10H,7-9H2,1-4H3,(H,14,15). The van der Waals surface area contributed by atoms with Crippen molar-refractivity contribution in [1.82, 2.24) is 9.97 Å². The topological polar surface area (TPSA) is 45.8 Å². The third-order valence-electron chi connectivity index (χ3n) is 2.46. The Bertz CT molecular complexity index is 322. The molecule has 90 valence electrons. The lowest BCUT2D eigenvalue weighted by atomic mass is 9.83. The Balaban J connectivity index is 2.34. The van der Waals surface area contributed by atoms with Crippen molar-refractivity contribution in [3.63, 3.8) is 0 Å². The molecule has 0 fully saturated rings.